The Labute approximate surface area is 311 Å². The summed E-state index contributed by atoms with van der Waals surface area (Å²) in [7, 11) is 0. The molecule has 0 fully saturated rings. The molecule has 53 heavy (non-hydrogen) atoms. The standard InChI is InChI=1S/C52H32S/c1-2-16-36(17-3-1)53-37-28-29-46-47(31-37)38-18-6-7-19-39(38)48-32-49(40-20-8-9-21-41(40)51(46)48)52-44-24-12-10-22-42(44)50(43-23-11-13-25-45(43)52)35-27-26-33-14-4-5-15-34(33)30-35/h1-32H. The summed E-state index contributed by atoms with van der Waals surface area (Å²) in [5.41, 5.74) is 5.09. The highest BCUT2D eigenvalue weighted by molar-refractivity contribution is 7.99. The Bertz CT molecular complexity index is 3190. The maximum absolute atomic E-state index is 2.50. The highest BCUT2D eigenvalue weighted by Gasteiger charge is 2.21. The summed E-state index contributed by atoms with van der Waals surface area (Å²) in [6, 6.07) is 71.8. The van der Waals surface area contributed by atoms with Crippen molar-refractivity contribution in [3.8, 4) is 22.3 Å². The van der Waals surface area contributed by atoms with Gasteiger partial charge in [0.1, 0.15) is 0 Å². The van der Waals surface area contributed by atoms with Crippen LogP contribution in [-0.4, -0.2) is 0 Å². The summed E-state index contributed by atoms with van der Waals surface area (Å²) in [6.45, 7) is 0. The second-order valence-electron chi connectivity index (χ2n) is 14.0. The Balaban J connectivity index is 1.24. The predicted octanol–water partition coefficient (Wildman–Crippen LogP) is 15.2. The molecule has 0 aliphatic heterocycles. The molecule has 0 bridgehead atoms. The van der Waals surface area contributed by atoms with Gasteiger partial charge in [0.25, 0.3) is 0 Å². The van der Waals surface area contributed by atoms with Gasteiger partial charge in [0.15, 0.2) is 0 Å². The van der Waals surface area contributed by atoms with Gasteiger partial charge in [-0.25, -0.2) is 0 Å². The molecule has 0 radical (unpaired) electrons. The molecule has 0 aliphatic carbocycles. The zero-order valence-electron chi connectivity index (χ0n) is 28.9. The fourth-order valence-corrected chi connectivity index (χ4v) is 9.64. The van der Waals surface area contributed by atoms with Gasteiger partial charge in [-0.3, -0.25) is 0 Å². The van der Waals surface area contributed by atoms with E-state index in [4.69, 9.17) is 0 Å². The zero-order valence-corrected chi connectivity index (χ0v) is 29.7. The first-order valence-electron chi connectivity index (χ1n) is 18.3. The van der Waals surface area contributed by atoms with Crippen LogP contribution in [0.1, 0.15) is 0 Å². The normalized spacial score (nSPS) is 11.8. The van der Waals surface area contributed by atoms with Crippen molar-refractivity contribution in [2.75, 3.05) is 0 Å². The van der Waals surface area contributed by atoms with Crippen molar-refractivity contribution in [3.05, 3.63) is 194 Å². The van der Waals surface area contributed by atoms with Crippen LogP contribution in [0.25, 0.3) is 97.7 Å². The second kappa shape index (κ2) is 12.1. The van der Waals surface area contributed by atoms with E-state index in [9.17, 15) is 0 Å². The minimum atomic E-state index is 1.24. The molecule has 0 heterocycles. The molecule has 0 saturated carbocycles. The minimum Gasteiger partial charge on any atom is -0.0901 e. The average molecular weight is 689 g/mol. The van der Waals surface area contributed by atoms with Gasteiger partial charge in [0.05, 0.1) is 0 Å². The third-order valence-electron chi connectivity index (χ3n) is 11.0. The number of benzene rings is 11. The lowest BCUT2D eigenvalue weighted by Gasteiger charge is -2.21. The van der Waals surface area contributed by atoms with Gasteiger partial charge in [-0.15, -0.1) is 0 Å². The van der Waals surface area contributed by atoms with E-state index in [-0.39, 0.29) is 0 Å². The Morgan fingerprint density at radius 3 is 1.49 bits per heavy atom. The maximum Gasteiger partial charge on any atom is 0.0128 e. The van der Waals surface area contributed by atoms with Crippen LogP contribution in [0.4, 0.5) is 0 Å². The van der Waals surface area contributed by atoms with Crippen LogP contribution in [0.3, 0.4) is 0 Å². The van der Waals surface area contributed by atoms with Crippen molar-refractivity contribution in [2.45, 2.75) is 9.79 Å². The SMILES string of the molecule is c1ccc(Sc2ccc3c(c2)c2ccccc2c2cc(-c4c5ccccc5c(-c5ccc6ccccc6c5)c5ccccc45)c4ccccc4c32)cc1. The van der Waals surface area contributed by atoms with Crippen LogP contribution >= 0.6 is 11.8 Å². The number of hydrogen-bond acceptors (Lipinski definition) is 1. The smallest absolute Gasteiger partial charge is 0.0128 e. The van der Waals surface area contributed by atoms with Gasteiger partial charge < -0.3 is 0 Å². The van der Waals surface area contributed by atoms with Gasteiger partial charge in [-0.05, 0) is 134 Å². The Morgan fingerprint density at radius 2 is 0.792 bits per heavy atom. The van der Waals surface area contributed by atoms with Gasteiger partial charge in [-0.2, -0.15) is 0 Å². The van der Waals surface area contributed by atoms with E-state index in [0.29, 0.717) is 0 Å². The quantitative estimate of drug-likeness (QED) is 0.131. The number of fused-ring (bicyclic) bond motifs is 11. The van der Waals surface area contributed by atoms with Crippen LogP contribution in [0.15, 0.2) is 204 Å². The molecule has 0 aliphatic rings. The fourth-order valence-electron chi connectivity index (χ4n) is 8.76. The van der Waals surface area contributed by atoms with Gasteiger partial charge in [-0.1, -0.05) is 169 Å². The summed E-state index contributed by atoms with van der Waals surface area (Å²) in [5.74, 6) is 0. The van der Waals surface area contributed by atoms with Crippen LogP contribution < -0.4 is 0 Å². The fraction of sp³-hybridized carbons (Fsp3) is 0. The van der Waals surface area contributed by atoms with Crippen molar-refractivity contribution in [1.29, 1.82) is 0 Å². The first-order chi connectivity index (χ1) is 26.3. The number of rotatable bonds is 4. The summed E-state index contributed by atoms with van der Waals surface area (Å²) >= 11 is 1.82. The molecule has 0 spiro atoms. The van der Waals surface area contributed by atoms with Crippen LogP contribution in [0.2, 0.25) is 0 Å². The highest BCUT2D eigenvalue weighted by atomic mass is 32.2. The van der Waals surface area contributed by atoms with Crippen LogP contribution in [0, 0.1) is 0 Å². The molecular formula is C52H32S. The lowest BCUT2D eigenvalue weighted by molar-refractivity contribution is 1.43. The summed E-state index contributed by atoms with van der Waals surface area (Å²) in [6.07, 6.45) is 0. The van der Waals surface area contributed by atoms with E-state index in [0.717, 1.165) is 0 Å². The maximum atomic E-state index is 2.50. The molecule has 11 rings (SSSR count). The largest absolute Gasteiger partial charge is 0.0901 e. The highest BCUT2D eigenvalue weighted by Crippen LogP contribution is 2.49. The molecule has 1 heteroatoms. The van der Waals surface area contributed by atoms with E-state index in [1.807, 2.05) is 11.8 Å². The summed E-state index contributed by atoms with van der Waals surface area (Å²) < 4.78 is 0. The Hall–Kier alpha value is -6.41. The van der Waals surface area contributed by atoms with Crippen molar-refractivity contribution in [3.63, 3.8) is 0 Å². The van der Waals surface area contributed by atoms with Crippen molar-refractivity contribution in [1.82, 2.24) is 0 Å². The van der Waals surface area contributed by atoms with Crippen LogP contribution in [-0.2, 0) is 0 Å². The van der Waals surface area contributed by atoms with E-state index in [2.05, 4.69) is 194 Å². The molecule has 11 aromatic carbocycles. The van der Waals surface area contributed by atoms with Crippen molar-refractivity contribution >= 4 is 87.2 Å². The molecule has 246 valence electrons. The molecular weight excluding hydrogens is 657 g/mol. The van der Waals surface area contributed by atoms with Crippen LogP contribution in [0.5, 0.6) is 0 Å². The predicted molar refractivity (Wildman–Crippen MR) is 230 cm³/mol. The lowest BCUT2D eigenvalue weighted by Crippen LogP contribution is -1.93. The Morgan fingerprint density at radius 1 is 0.264 bits per heavy atom. The van der Waals surface area contributed by atoms with Gasteiger partial charge >= 0.3 is 0 Å². The lowest BCUT2D eigenvalue weighted by atomic mass is 9.82. The summed E-state index contributed by atoms with van der Waals surface area (Å²) in [4.78, 5) is 2.50. The zero-order chi connectivity index (χ0) is 34.9. The van der Waals surface area contributed by atoms with E-state index >= 15 is 0 Å². The van der Waals surface area contributed by atoms with E-state index in [1.165, 1.54) is 107 Å². The molecule has 0 N–H and O–H groups in total. The molecule has 0 saturated heterocycles. The van der Waals surface area contributed by atoms with Gasteiger partial charge in [0, 0.05) is 9.79 Å². The monoisotopic (exact) mass is 688 g/mol. The molecule has 0 nitrogen and oxygen atoms in total. The third-order valence-corrected chi connectivity index (χ3v) is 12.0. The molecule has 0 amide bonds. The first kappa shape index (κ1) is 30.2. The Kier molecular flexibility index (Phi) is 6.90. The molecule has 11 aromatic rings. The average Bonchev–Trinajstić information content (AvgIpc) is 3.22. The second-order valence-corrected chi connectivity index (χ2v) is 15.1. The molecule has 0 unspecified atom stereocenters. The molecule has 0 atom stereocenters. The minimum absolute atomic E-state index is 1.24. The van der Waals surface area contributed by atoms with E-state index in [1.54, 1.807) is 0 Å². The third kappa shape index (κ3) is 4.78. The summed E-state index contributed by atoms with van der Waals surface area (Å²) in [5, 5.41) is 17.9. The van der Waals surface area contributed by atoms with Crippen molar-refractivity contribution in [2.24, 2.45) is 0 Å². The first-order valence-corrected chi connectivity index (χ1v) is 19.1. The van der Waals surface area contributed by atoms with E-state index < -0.39 is 0 Å². The topological polar surface area (TPSA) is 0 Å². The number of hydrogen-bond donors (Lipinski definition) is 0. The van der Waals surface area contributed by atoms with Gasteiger partial charge in [0.2, 0.25) is 0 Å². The van der Waals surface area contributed by atoms with Crippen molar-refractivity contribution < 1.29 is 0 Å². The molecule has 0 aromatic heterocycles.